The Balaban J connectivity index is 1.67. The van der Waals surface area contributed by atoms with Crippen LogP contribution >= 0.6 is 24.0 Å². The molecule has 2 aliphatic heterocycles. The first-order valence-corrected chi connectivity index (χ1v) is 12.7. The second-order valence-corrected chi connectivity index (χ2v) is 10.5. The minimum Gasteiger partial charge on any atom is -0.351 e. The molecule has 0 spiro atoms. The summed E-state index contributed by atoms with van der Waals surface area (Å²) >= 11 is 6.76. The van der Waals surface area contributed by atoms with E-state index in [1.165, 1.54) is 22.9 Å². The van der Waals surface area contributed by atoms with Gasteiger partial charge in [-0.2, -0.15) is 0 Å². The maximum atomic E-state index is 13.7. The normalized spacial score (nSPS) is 18.1. The number of amides is 1. The first-order valence-electron chi connectivity index (χ1n) is 11.5. The molecule has 4 heterocycles. The fourth-order valence-corrected chi connectivity index (χ4v) is 5.96. The van der Waals surface area contributed by atoms with Crippen LogP contribution in [0.25, 0.3) is 11.7 Å². The van der Waals surface area contributed by atoms with Crippen LogP contribution in [0.1, 0.15) is 42.5 Å². The largest absolute Gasteiger partial charge is 0.351 e. The summed E-state index contributed by atoms with van der Waals surface area (Å²) in [5.41, 5.74) is 4.35. The van der Waals surface area contributed by atoms with E-state index in [2.05, 4.69) is 23.1 Å². The number of hydrogen-bond acceptors (Lipinski definition) is 6. The van der Waals surface area contributed by atoms with Gasteiger partial charge in [-0.25, -0.2) is 4.98 Å². The number of hydrogen-bond donors (Lipinski definition) is 0. The van der Waals surface area contributed by atoms with Crippen molar-refractivity contribution in [3.8, 4) is 0 Å². The van der Waals surface area contributed by atoms with E-state index in [-0.39, 0.29) is 17.5 Å². The Kier molecular flexibility index (Phi) is 6.04. The van der Waals surface area contributed by atoms with E-state index in [0.717, 1.165) is 24.9 Å². The van der Waals surface area contributed by atoms with Crippen LogP contribution in [0.3, 0.4) is 0 Å². The number of benzene rings is 1. The molecule has 2 aliphatic rings. The maximum Gasteiger partial charge on any atom is 0.267 e. The number of carbonyl (C=O) groups is 1. The third kappa shape index (κ3) is 3.84. The van der Waals surface area contributed by atoms with Crippen LogP contribution < -0.4 is 10.5 Å². The quantitative estimate of drug-likeness (QED) is 0.395. The second kappa shape index (κ2) is 9.00. The van der Waals surface area contributed by atoms with Gasteiger partial charge in [0, 0.05) is 25.3 Å². The highest BCUT2D eigenvalue weighted by atomic mass is 32.2. The predicted molar refractivity (Wildman–Crippen MR) is 142 cm³/mol. The lowest BCUT2D eigenvalue weighted by Crippen LogP contribution is -2.36. The molecule has 1 fully saturated rings. The summed E-state index contributed by atoms with van der Waals surface area (Å²) in [6, 6.07) is 12.2. The van der Waals surface area contributed by atoms with E-state index in [4.69, 9.17) is 17.2 Å². The molecule has 1 amide bonds. The highest BCUT2D eigenvalue weighted by Crippen LogP contribution is 2.36. The molecule has 0 saturated carbocycles. The molecular formula is C26H26N4O2S2. The molecule has 1 unspecified atom stereocenters. The molecule has 2 aromatic heterocycles. The molecule has 0 radical (unpaired) electrons. The lowest BCUT2D eigenvalue weighted by atomic mass is 9.99. The van der Waals surface area contributed by atoms with Gasteiger partial charge in [0.2, 0.25) is 0 Å². The van der Waals surface area contributed by atoms with Gasteiger partial charge in [0.25, 0.3) is 11.5 Å². The lowest BCUT2D eigenvalue weighted by molar-refractivity contribution is -0.123. The summed E-state index contributed by atoms with van der Waals surface area (Å²) < 4.78 is 2.10. The van der Waals surface area contributed by atoms with E-state index in [0.29, 0.717) is 32.8 Å². The van der Waals surface area contributed by atoms with Crippen molar-refractivity contribution in [2.45, 2.75) is 46.2 Å². The Morgan fingerprint density at radius 1 is 1.18 bits per heavy atom. The van der Waals surface area contributed by atoms with Crippen molar-refractivity contribution >= 4 is 51.7 Å². The van der Waals surface area contributed by atoms with Gasteiger partial charge in [0.15, 0.2) is 0 Å². The van der Waals surface area contributed by atoms with Gasteiger partial charge in [-0.1, -0.05) is 61.2 Å². The molecule has 3 aromatic rings. The number of nitrogens with zero attached hydrogens (tertiary/aromatic N) is 4. The van der Waals surface area contributed by atoms with Crippen LogP contribution in [0.5, 0.6) is 0 Å². The van der Waals surface area contributed by atoms with Crippen LogP contribution in [0.15, 0.2) is 52.3 Å². The maximum absolute atomic E-state index is 13.7. The molecule has 0 aliphatic carbocycles. The van der Waals surface area contributed by atoms with Crippen LogP contribution in [-0.4, -0.2) is 37.1 Å². The van der Waals surface area contributed by atoms with Crippen molar-refractivity contribution in [2.24, 2.45) is 0 Å². The van der Waals surface area contributed by atoms with Gasteiger partial charge in [0.1, 0.15) is 15.8 Å². The smallest absolute Gasteiger partial charge is 0.267 e. The molecule has 1 atom stereocenters. The van der Waals surface area contributed by atoms with Gasteiger partial charge < -0.3 is 4.90 Å². The Bertz CT molecular complexity index is 1410. The lowest BCUT2D eigenvalue weighted by Gasteiger charge is -2.31. The van der Waals surface area contributed by atoms with Crippen LogP contribution in [0.4, 0.5) is 5.82 Å². The zero-order valence-corrected chi connectivity index (χ0v) is 21.1. The summed E-state index contributed by atoms with van der Waals surface area (Å²) in [6.07, 6.45) is 5.11. The number of pyridine rings is 1. The topological polar surface area (TPSA) is 57.9 Å². The first-order chi connectivity index (χ1) is 16.4. The molecule has 0 bridgehead atoms. The average Bonchev–Trinajstić information content (AvgIpc) is 3.13. The molecular weight excluding hydrogens is 464 g/mol. The standard InChI is InChI=1S/C26H26N4O2S2/c1-4-17(3)30-25(32)21(34-26(30)33)14-20-23(27-22-16(2)8-7-12-29(22)24(20)31)28-13-11-18-9-5-6-10-19(18)15-28/h5-10,12,14,17H,4,11,13,15H2,1-3H3/b21-14-. The van der Waals surface area contributed by atoms with Gasteiger partial charge in [-0.05, 0) is 55.5 Å². The number of fused-ring (bicyclic) bond motifs is 2. The zero-order chi connectivity index (χ0) is 24.0. The predicted octanol–water partition coefficient (Wildman–Crippen LogP) is 4.57. The third-order valence-electron chi connectivity index (χ3n) is 6.62. The molecule has 6 nitrogen and oxygen atoms in total. The van der Waals surface area contributed by atoms with Gasteiger partial charge >= 0.3 is 0 Å². The number of rotatable bonds is 4. The second-order valence-electron chi connectivity index (χ2n) is 8.79. The number of aryl methyl sites for hydroxylation is 1. The molecule has 1 saturated heterocycles. The minimum atomic E-state index is -0.184. The van der Waals surface area contributed by atoms with Gasteiger partial charge in [-0.3, -0.25) is 18.9 Å². The highest BCUT2D eigenvalue weighted by molar-refractivity contribution is 8.26. The van der Waals surface area contributed by atoms with Crippen molar-refractivity contribution in [3.63, 3.8) is 0 Å². The fraction of sp³-hybridized carbons (Fsp3) is 0.308. The molecule has 174 valence electrons. The third-order valence-corrected chi connectivity index (χ3v) is 7.96. The molecule has 0 N–H and O–H groups in total. The van der Waals surface area contributed by atoms with E-state index in [1.807, 2.05) is 39.0 Å². The Morgan fingerprint density at radius 3 is 2.71 bits per heavy atom. The van der Waals surface area contributed by atoms with E-state index < -0.39 is 0 Å². The summed E-state index contributed by atoms with van der Waals surface area (Å²) in [7, 11) is 0. The number of thioether (sulfide) groups is 1. The minimum absolute atomic E-state index is 0.00921. The van der Waals surface area contributed by atoms with Gasteiger partial charge in [-0.15, -0.1) is 0 Å². The van der Waals surface area contributed by atoms with Crippen LogP contribution in [0.2, 0.25) is 0 Å². The number of carbonyl (C=O) groups excluding carboxylic acids is 1. The first kappa shape index (κ1) is 22.8. The number of anilines is 1. The van der Waals surface area contributed by atoms with E-state index in [9.17, 15) is 9.59 Å². The van der Waals surface area contributed by atoms with Crippen molar-refractivity contribution in [3.05, 3.63) is 80.1 Å². The number of aromatic nitrogens is 2. The van der Waals surface area contributed by atoms with E-state index in [1.54, 1.807) is 21.6 Å². The van der Waals surface area contributed by atoms with Crippen molar-refractivity contribution in [1.29, 1.82) is 0 Å². The van der Waals surface area contributed by atoms with Crippen LogP contribution in [0, 0.1) is 6.92 Å². The summed E-state index contributed by atoms with van der Waals surface area (Å²) in [4.78, 5) is 36.2. The molecule has 1 aromatic carbocycles. The molecule has 8 heteroatoms. The zero-order valence-electron chi connectivity index (χ0n) is 19.4. The average molecular weight is 491 g/mol. The Labute approximate surface area is 208 Å². The van der Waals surface area contributed by atoms with Crippen molar-refractivity contribution in [2.75, 3.05) is 11.4 Å². The highest BCUT2D eigenvalue weighted by Gasteiger charge is 2.35. The monoisotopic (exact) mass is 490 g/mol. The fourth-order valence-electron chi connectivity index (χ4n) is 4.52. The summed E-state index contributed by atoms with van der Waals surface area (Å²) in [6.45, 7) is 7.38. The SMILES string of the molecule is CCC(C)N1C(=O)/C(=C/c2c(N3CCc4ccccc4C3)nc3c(C)cccn3c2=O)SC1=S. The van der Waals surface area contributed by atoms with Crippen molar-refractivity contribution < 1.29 is 4.79 Å². The van der Waals surface area contributed by atoms with E-state index >= 15 is 0 Å². The number of thiocarbonyl (C=S) groups is 1. The van der Waals surface area contributed by atoms with Crippen LogP contribution in [-0.2, 0) is 17.8 Å². The molecule has 5 rings (SSSR count). The Hall–Kier alpha value is -2.97. The molecule has 34 heavy (non-hydrogen) atoms. The Morgan fingerprint density at radius 2 is 1.94 bits per heavy atom. The van der Waals surface area contributed by atoms with Gasteiger partial charge in [0.05, 0.1) is 10.5 Å². The summed E-state index contributed by atoms with van der Waals surface area (Å²) in [5, 5.41) is 0. The van der Waals surface area contributed by atoms with Crippen molar-refractivity contribution in [1.82, 2.24) is 14.3 Å². The summed E-state index contributed by atoms with van der Waals surface area (Å²) in [5.74, 6) is 0.468.